The maximum absolute atomic E-state index is 13.8. The molecule has 0 unspecified atom stereocenters. The van der Waals surface area contributed by atoms with Crippen molar-refractivity contribution in [1.82, 2.24) is 20.5 Å². The predicted octanol–water partition coefficient (Wildman–Crippen LogP) is 1.90. The molecule has 43 heavy (non-hydrogen) atoms. The van der Waals surface area contributed by atoms with E-state index in [1.807, 2.05) is 13.8 Å². The number of aromatic nitrogens is 1. The fourth-order valence-corrected chi connectivity index (χ4v) is 5.94. The molecule has 0 bridgehead atoms. The minimum atomic E-state index is -5.25. The summed E-state index contributed by atoms with van der Waals surface area (Å²) in [5.74, 6) is -8.00. The summed E-state index contributed by atoms with van der Waals surface area (Å²) in [6, 6.07) is -1.45. The van der Waals surface area contributed by atoms with Gasteiger partial charge in [-0.1, -0.05) is 34.6 Å². The molecule has 0 radical (unpaired) electrons. The van der Waals surface area contributed by atoms with Crippen molar-refractivity contribution < 1.29 is 41.1 Å². The van der Waals surface area contributed by atoms with E-state index in [4.69, 9.17) is 5.73 Å². The Morgan fingerprint density at radius 3 is 2.23 bits per heavy atom. The highest BCUT2D eigenvalue weighted by molar-refractivity contribution is 5.96. The molecular formula is C28H32F5N5O5. The lowest BCUT2D eigenvalue weighted by molar-refractivity contribution is -0.176. The summed E-state index contributed by atoms with van der Waals surface area (Å²) < 4.78 is 66.5. The molecule has 2 aliphatic rings. The maximum Gasteiger partial charge on any atom is 0.471 e. The van der Waals surface area contributed by atoms with E-state index in [1.165, 1.54) is 26.8 Å². The van der Waals surface area contributed by atoms with Crippen LogP contribution in [0.3, 0.4) is 0 Å². The topological polar surface area (TPSA) is 154 Å². The number of halogens is 5. The van der Waals surface area contributed by atoms with E-state index in [-0.39, 0.29) is 28.9 Å². The molecule has 1 aromatic carbocycles. The monoisotopic (exact) mass is 613 g/mol. The fourth-order valence-electron chi connectivity index (χ4n) is 5.94. The molecule has 5 atom stereocenters. The molecule has 1 aliphatic carbocycles. The number of likely N-dealkylation sites (tertiary alicyclic amines) is 1. The Labute approximate surface area is 242 Å². The number of carbonyl (C=O) groups excluding carboxylic acids is 4. The third-order valence-corrected chi connectivity index (χ3v) is 8.45. The number of nitrogens with zero attached hydrogens (tertiary/aromatic N) is 1. The van der Waals surface area contributed by atoms with Crippen LogP contribution in [0.25, 0.3) is 10.9 Å². The van der Waals surface area contributed by atoms with E-state index in [0.717, 1.165) is 17.0 Å². The minimum Gasteiger partial charge on any atom is -0.368 e. The number of carbonyl (C=O) groups is 4. The maximum atomic E-state index is 13.8. The largest absolute Gasteiger partial charge is 0.471 e. The van der Waals surface area contributed by atoms with Crippen molar-refractivity contribution in [2.75, 3.05) is 6.54 Å². The smallest absolute Gasteiger partial charge is 0.368 e. The van der Waals surface area contributed by atoms with Crippen molar-refractivity contribution in [1.29, 1.82) is 0 Å². The first-order chi connectivity index (χ1) is 19.6. The molecule has 234 valence electrons. The highest BCUT2D eigenvalue weighted by Crippen LogP contribution is 2.65. The van der Waals surface area contributed by atoms with Gasteiger partial charge in [0.15, 0.2) is 11.6 Å². The molecule has 10 nitrogen and oxygen atoms in total. The zero-order valence-electron chi connectivity index (χ0n) is 24.0. The second kappa shape index (κ2) is 10.6. The molecule has 4 rings (SSSR count). The number of nitrogens with two attached hydrogens (primary N) is 1. The van der Waals surface area contributed by atoms with Crippen LogP contribution >= 0.6 is 0 Å². The standard InChI is InChI=1S/C28H32F5N5O5/c1-26(2,3)20(37-25(43)28(31,32)33)24(42)38-10-13-18(27(13,4)5)19(38)23(41)36-17(21(34)39)8-12-6-11-7-14(29)15(30)9-16(11)35-22(12)40/h6-7,9,13,17-20H,8,10H2,1-5H3,(H2,34,39)(H,35,40)(H,36,41)(H,37,43)/t13-,17-,18-,19-,20+/m0/s1. The third kappa shape index (κ3) is 6.07. The van der Waals surface area contributed by atoms with E-state index < -0.39 is 88.3 Å². The van der Waals surface area contributed by atoms with Gasteiger partial charge in [0, 0.05) is 30.0 Å². The van der Waals surface area contributed by atoms with Gasteiger partial charge >= 0.3 is 12.1 Å². The van der Waals surface area contributed by atoms with Crippen molar-refractivity contribution >= 4 is 34.5 Å². The first kappa shape index (κ1) is 31.9. The predicted molar refractivity (Wildman–Crippen MR) is 143 cm³/mol. The van der Waals surface area contributed by atoms with E-state index in [1.54, 1.807) is 5.32 Å². The Balaban J connectivity index is 1.61. The molecule has 15 heteroatoms. The van der Waals surface area contributed by atoms with Crippen molar-refractivity contribution in [2.24, 2.45) is 28.4 Å². The Morgan fingerprint density at radius 2 is 1.67 bits per heavy atom. The molecule has 2 fully saturated rings. The molecule has 2 heterocycles. The molecular weight excluding hydrogens is 581 g/mol. The van der Waals surface area contributed by atoms with Crippen LogP contribution < -0.4 is 21.9 Å². The number of hydrogen-bond acceptors (Lipinski definition) is 5. The van der Waals surface area contributed by atoms with Crippen LogP contribution in [0.2, 0.25) is 0 Å². The van der Waals surface area contributed by atoms with Gasteiger partial charge in [0.1, 0.15) is 18.1 Å². The number of aromatic amines is 1. The summed E-state index contributed by atoms with van der Waals surface area (Å²) >= 11 is 0. The lowest BCUT2D eigenvalue weighted by Gasteiger charge is -2.38. The van der Waals surface area contributed by atoms with Crippen LogP contribution in [0.1, 0.15) is 40.2 Å². The number of fused-ring (bicyclic) bond motifs is 2. The molecule has 1 saturated heterocycles. The van der Waals surface area contributed by atoms with Gasteiger partial charge in [-0.15, -0.1) is 0 Å². The molecule has 4 amide bonds. The van der Waals surface area contributed by atoms with Gasteiger partial charge in [-0.25, -0.2) is 8.78 Å². The Bertz CT molecular complexity index is 1560. The van der Waals surface area contributed by atoms with Crippen LogP contribution in [0.4, 0.5) is 22.0 Å². The van der Waals surface area contributed by atoms with Gasteiger partial charge in [-0.2, -0.15) is 13.2 Å². The van der Waals surface area contributed by atoms with Crippen molar-refractivity contribution in [3.05, 3.63) is 45.8 Å². The molecule has 1 saturated carbocycles. The normalized spacial score (nSPS) is 22.5. The Hall–Kier alpha value is -4.04. The number of amides is 4. The molecule has 1 aromatic heterocycles. The van der Waals surface area contributed by atoms with Crippen LogP contribution in [-0.4, -0.2) is 64.4 Å². The number of rotatable bonds is 7. The lowest BCUT2D eigenvalue weighted by atomic mass is 9.85. The van der Waals surface area contributed by atoms with Crippen molar-refractivity contribution in [2.45, 2.75) is 65.3 Å². The number of pyridine rings is 1. The second-order valence-electron chi connectivity index (χ2n) is 12.8. The summed E-state index contributed by atoms with van der Waals surface area (Å²) in [7, 11) is 0. The molecule has 2 aromatic rings. The fraction of sp³-hybridized carbons (Fsp3) is 0.536. The van der Waals surface area contributed by atoms with Gasteiger partial charge in [0.2, 0.25) is 17.7 Å². The first-order valence-electron chi connectivity index (χ1n) is 13.4. The lowest BCUT2D eigenvalue weighted by Crippen LogP contribution is -2.61. The van der Waals surface area contributed by atoms with Gasteiger partial charge in [0.25, 0.3) is 5.56 Å². The average molecular weight is 614 g/mol. The van der Waals surface area contributed by atoms with E-state index >= 15 is 0 Å². The Kier molecular flexibility index (Phi) is 7.86. The summed E-state index contributed by atoms with van der Waals surface area (Å²) in [6.45, 7) is 8.14. The van der Waals surface area contributed by atoms with Gasteiger partial charge in [0.05, 0.1) is 5.52 Å². The quantitative estimate of drug-likeness (QED) is 0.352. The molecule has 1 aliphatic heterocycles. The number of H-pyrrole nitrogens is 1. The molecule has 0 spiro atoms. The number of piperidine rings is 1. The van der Waals surface area contributed by atoms with Crippen LogP contribution in [0.15, 0.2) is 23.0 Å². The van der Waals surface area contributed by atoms with E-state index in [2.05, 4.69) is 10.3 Å². The first-order valence-corrected chi connectivity index (χ1v) is 13.4. The zero-order chi connectivity index (χ0) is 32.4. The second-order valence-corrected chi connectivity index (χ2v) is 12.8. The van der Waals surface area contributed by atoms with Gasteiger partial charge in [-0.3, -0.25) is 24.0 Å². The zero-order valence-corrected chi connectivity index (χ0v) is 24.0. The average Bonchev–Trinajstić information content (AvgIpc) is 3.19. The summed E-state index contributed by atoms with van der Waals surface area (Å²) in [6.07, 6.45) is -5.68. The van der Waals surface area contributed by atoms with E-state index in [0.29, 0.717) is 0 Å². The summed E-state index contributed by atoms with van der Waals surface area (Å²) in [4.78, 5) is 67.6. The van der Waals surface area contributed by atoms with Crippen molar-refractivity contribution in [3.63, 3.8) is 0 Å². The highest BCUT2D eigenvalue weighted by Gasteiger charge is 2.70. The minimum absolute atomic E-state index is 0.000411. The van der Waals surface area contributed by atoms with Crippen molar-refractivity contribution in [3.8, 4) is 0 Å². The van der Waals surface area contributed by atoms with Crippen LogP contribution in [0, 0.1) is 34.3 Å². The third-order valence-electron chi connectivity index (χ3n) is 8.45. The number of hydrogen-bond donors (Lipinski definition) is 4. The van der Waals surface area contributed by atoms with Crippen LogP contribution in [0.5, 0.6) is 0 Å². The number of nitrogens with one attached hydrogen (secondary N) is 3. The number of primary amides is 1. The highest BCUT2D eigenvalue weighted by atomic mass is 19.4. The Morgan fingerprint density at radius 1 is 1.07 bits per heavy atom. The number of benzene rings is 1. The molecule has 5 N–H and O–H groups in total. The van der Waals surface area contributed by atoms with E-state index in [9.17, 15) is 45.9 Å². The summed E-state index contributed by atoms with van der Waals surface area (Å²) in [5.41, 5.74) is 3.12. The van der Waals surface area contributed by atoms with Crippen LogP contribution in [-0.2, 0) is 25.6 Å². The SMILES string of the molecule is CC(C)(C)[C@H](NC(=O)C(F)(F)F)C(=O)N1C[C@H]2[C@@H]([C@H]1C(=O)N[C@@H](Cc1cc3cc(F)c(F)cc3[nH]c1=O)C(N)=O)C2(C)C. The number of alkyl halides is 3. The van der Waals surface area contributed by atoms with Gasteiger partial charge < -0.3 is 26.3 Å². The summed E-state index contributed by atoms with van der Waals surface area (Å²) in [5, 5.41) is 4.34. The van der Waals surface area contributed by atoms with Gasteiger partial charge in [-0.05, 0) is 34.8 Å².